The SMILES string of the molecule is CCCC(CC)(NC)C(=O)O. The summed E-state index contributed by atoms with van der Waals surface area (Å²) in [6.45, 7) is 3.88. The van der Waals surface area contributed by atoms with Crippen molar-refractivity contribution in [2.75, 3.05) is 7.05 Å². The van der Waals surface area contributed by atoms with Crippen molar-refractivity contribution < 1.29 is 9.90 Å². The molecule has 0 aliphatic carbocycles. The first kappa shape index (κ1) is 10.4. The van der Waals surface area contributed by atoms with Crippen molar-refractivity contribution in [2.24, 2.45) is 0 Å². The van der Waals surface area contributed by atoms with Crippen molar-refractivity contribution in [3.8, 4) is 0 Å². The number of hydrogen-bond donors (Lipinski definition) is 2. The van der Waals surface area contributed by atoms with Gasteiger partial charge in [0.25, 0.3) is 0 Å². The van der Waals surface area contributed by atoms with E-state index >= 15 is 0 Å². The molecule has 0 heterocycles. The molecule has 1 atom stereocenters. The monoisotopic (exact) mass is 159 g/mol. The lowest BCUT2D eigenvalue weighted by Crippen LogP contribution is -2.49. The van der Waals surface area contributed by atoms with Crippen molar-refractivity contribution in [3.05, 3.63) is 0 Å². The molecule has 3 heteroatoms. The summed E-state index contributed by atoms with van der Waals surface area (Å²) in [6, 6.07) is 0. The van der Waals surface area contributed by atoms with Gasteiger partial charge in [-0.05, 0) is 19.9 Å². The van der Waals surface area contributed by atoms with Gasteiger partial charge in [-0.2, -0.15) is 0 Å². The molecule has 0 spiro atoms. The molecule has 0 fully saturated rings. The zero-order chi connectivity index (χ0) is 8.91. The average molecular weight is 159 g/mol. The molecular formula is C8H17NO2. The molecular weight excluding hydrogens is 142 g/mol. The van der Waals surface area contributed by atoms with E-state index in [1.54, 1.807) is 7.05 Å². The average Bonchev–Trinajstić information content (AvgIpc) is 2.00. The van der Waals surface area contributed by atoms with E-state index in [0.717, 1.165) is 6.42 Å². The number of carboxylic acids is 1. The summed E-state index contributed by atoms with van der Waals surface area (Å²) in [7, 11) is 1.70. The molecule has 3 nitrogen and oxygen atoms in total. The Kier molecular flexibility index (Phi) is 4.11. The molecule has 0 aromatic carbocycles. The Morgan fingerprint density at radius 3 is 2.18 bits per heavy atom. The topological polar surface area (TPSA) is 49.3 Å². The molecule has 66 valence electrons. The molecule has 0 saturated heterocycles. The third kappa shape index (κ3) is 2.19. The maximum absolute atomic E-state index is 10.8. The van der Waals surface area contributed by atoms with Crippen LogP contribution < -0.4 is 5.32 Å². The Balaban J connectivity index is 4.32. The molecule has 0 aromatic heterocycles. The first-order chi connectivity index (χ1) is 5.13. The molecule has 2 N–H and O–H groups in total. The normalized spacial score (nSPS) is 15.9. The van der Waals surface area contributed by atoms with E-state index in [9.17, 15) is 4.79 Å². The summed E-state index contributed by atoms with van der Waals surface area (Å²) in [5.74, 6) is -0.746. The van der Waals surface area contributed by atoms with Crippen molar-refractivity contribution in [3.63, 3.8) is 0 Å². The predicted octanol–water partition coefficient (Wildman–Crippen LogP) is 1.24. The van der Waals surface area contributed by atoms with Crippen LogP contribution in [0.2, 0.25) is 0 Å². The molecule has 0 radical (unpaired) electrons. The van der Waals surface area contributed by atoms with Crippen molar-refractivity contribution in [1.82, 2.24) is 5.32 Å². The number of hydrogen-bond acceptors (Lipinski definition) is 2. The van der Waals surface area contributed by atoms with Gasteiger partial charge >= 0.3 is 5.97 Å². The summed E-state index contributed by atoms with van der Waals surface area (Å²) in [5, 5.41) is 11.8. The van der Waals surface area contributed by atoms with E-state index in [0.29, 0.717) is 12.8 Å². The van der Waals surface area contributed by atoms with Gasteiger partial charge < -0.3 is 10.4 Å². The van der Waals surface area contributed by atoms with Crippen LogP contribution in [0.3, 0.4) is 0 Å². The number of carboxylic acid groups (broad SMARTS) is 1. The van der Waals surface area contributed by atoms with Gasteiger partial charge in [0.2, 0.25) is 0 Å². The van der Waals surface area contributed by atoms with Crippen LogP contribution in [-0.4, -0.2) is 23.7 Å². The van der Waals surface area contributed by atoms with Crippen molar-refractivity contribution in [2.45, 2.75) is 38.6 Å². The molecule has 0 aliphatic rings. The lowest BCUT2D eigenvalue weighted by atomic mass is 9.91. The summed E-state index contributed by atoms with van der Waals surface area (Å²) < 4.78 is 0. The number of likely N-dealkylation sites (N-methyl/N-ethyl adjacent to an activating group) is 1. The lowest BCUT2D eigenvalue weighted by Gasteiger charge is -2.26. The number of nitrogens with one attached hydrogen (secondary N) is 1. The minimum absolute atomic E-state index is 0.632. The van der Waals surface area contributed by atoms with Gasteiger partial charge in [0.15, 0.2) is 0 Å². The van der Waals surface area contributed by atoms with E-state index in [1.165, 1.54) is 0 Å². The Morgan fingerprint density at radius 1 is 1.55 bits per heavy atom. The van der Waals surface area contributed by atoms with E-state index in [-0.39, 0.29) is 0 Å². The smallest absolute Gasteiger partial charge is 0.323 e. The summed E-state index contributed by atoms with van der Waals surface area (Å²) >= 11 is 0. The van der Waals surface area contributed by atoms with Crippen LogP contribution in [0.5, 0.6) is 0 Å². The van der Waals surface area contributed by atoms with Gasteiger partial charge in [0, 0.05) is 0 Å². The summed E-state index contributed by atoms with van der Waals surface area (Å²) in [5.41, 5.74) is -0.700. The fourth-order valence-corrected chi connectivity index (χ4v) is 1.27. The number of aliphatic carboxylic acids is 1. The van der Waals surface area contributed by atoms with Gasteiger partial charge in [0.05, 0.1) is 0 Å². The maximum atomic E-state index is 10.8. The highest BCUT2D eigenvalue weighted by molar-refractivity contribution is 5.78. The highest BCUT2D eigenvalue weighted by Crippen LogP contribution is 2.16. The summed E-state index contributed by atoms with van der Waals surface area (Å²) in [4.78, 5) is 10.8. The Labute approximate surface area is 67.8 Å². The van der Waals surface area contributed by atoms with Crippen LogP contribution in [0.25, 0.3) is 0 Å². The van der Waals surface area contributed by atoms with Gasteiger partial charge in [-0.25, -0.2) is 0 Å². The highest BCUT2D eigenvalue weighted by Gasteiger charge is 2.33. The molecule has 1 unspecified atom stereocenters. The molecule has 0 rings (SSSR count). The second-order valence-electron chi connectivity index (χ2n) is 2.74. The van der Waals surface area contributed by atoms with Gasteiger partial charge in [-0.3, -0.25) is 4.79 Å². The van der Waals surface area contributed by atoms with Crippen LogP contribution in [0, 0.1) is 0 Å². The highest BCUT2D eigenvalue weighted by atomic mass is 16.4. The maximum Gasteiger partial charge on any atom is 0.323 e. The van der Waals surface area contributed by atoms with Crippen molar-refractivity contribution in [1.29, 1.82) is 0 Å². The Morgan fingerprint density at radius 2 is 2.09 bits per heavy atom. The molecule has 11 heavy (non-hydrogen) atoms. The van der Waals surface area contributed by atoms with Crippen LogP contribution in [-0.2, 0) is 4.79 Å². The molecule has 0 amide bonds. The van der Waals surface area contributed by atoms with Gasteiger partial charge in [-0.1, -0.05) is 20.3 Å². The van der Waals surface area contributed by atoms with E-state index in [4.69, 9.17) is 5.11 Å². The fourth-order valence-electron chi connectivity index (χ4n) is 1.27. The lowest BCUT2D eigenvalue weighted by molar-refractivity contribution is -0.145. The van der Waals surface area contributed by atoms with Crippen molar-refractivity contribution >= 4 is 5.97 Å². The molecule has 0 bridgehead atoms. The second kappa shape index (κ2) is 4.34. The Hall–Kier alpha value is -0.570. The number of rotatable bonds is 5. The van der Waals surface area contributed by atoms with E-state index < -0.39 is 11.5 Å². The first-order valence-corrected chi connectivity index (χ1v) is 4.05. The quantitative estimate of drug-likeness (QED) is 0.634. The fraction of sp³-hybridized carbons (Fsp3) is 0.875. The molecule has 0 aliphatic heterocycles. The van der Waals surface area contributed by atoms with Crippen LogP contribution in [0.4, 0.5) is 0 Å². The van der Waals surface area contributed by atoms with E-state index in [1.807, 2.05) is 13.8 Å². The minimum atomic E-state index is -0.746. The Bertz CT molecular complexity index is 130. The minimum Gasteiger partial charge on any atom is -0.480 e. The van der Waals surface area contributed by atoms with Gasteiger partial charge in [-0.15, -0.1) is 0 Å². The second-order valence-corrected chi connectivity index (χ2v) is 2.74. The zero-order valence-electron chi connectivity index (χ0n) is 7.48. The summed E-state index contributed by atoms with van der Waals surface area (Å²) in [6.07, 6.45) is 2.21. The standard InChI is InChI=1S/C8H17NO2/c1-4-6-8(5-2,9-3)7(10)11/h9H,4-6H2,1-3H3,(H,10,11). The van der Waals surface area contributed by atoms with Crippen LogP contribution in [0.1, 0.15) is 33.1 Å². The zero-order valence-corrected chi connectivity index (χ0v) is 7.48. The predicted molar refractivity (Wildman–Crippen MR) is 44.6 cm³/mol. The first-order valence-electron chi connectivity index (χ1n) is 4.05. The van der Waals surface area contributed by atoms with E-state index in [2.05, 4.69) is 5.32 Å². The third-order valence-electron chi connectivity index (χ3n) is 2.17. The number of carbonyl (C=O) groups is 1. The molecule has 0 saturated carbocycles. The third-order valence-corrected chi connectivity index (χ3v) is 2.17. The molecule has 0 aromatic rings. The largest absolute Gasteiger partial charge is 0.480 e. The van der Waals surface area contributed by atoms with Gasteiger partial charge in [0.1, 0.15) is 5.54 Å². The van der Waals surface area contributed by atoms with Crippen LogP contribution >= 0.6 is 0 Å². The van der Waals surface area contributed by atoms with Crippen LogP contribution in [0.15, 0.2) is 0 Å².